The molecule has 0 atom stereocenters. The van der Waals surface area contributed by atoms with Crippen LogP contribution in [-0.2, 0) is 9.59 Å². The SMILES string of the molecule is CNC(C)(C)C(=O)Nc1ccccc1OCC(=O)O. The minimum Gasteiger partial charge on any atom is -0.480 e. The molecule has 0 aliphatic heterocycles. The number of hydrogen-bond acceptors (Lipinski definition) is 4. The topological polar surface area (TPSA) is 87.7 Å². The van der Waals surface area contributed by atoms with Gasteiger partial charge in [-0.1, -0.05) is 12.1 Å². The lowest BCUT2D eigenvalue weighted by molar-refractivity contribution is -0.139. The number of amides is 1. The van der Waals surface area contributed by atoms with E-state index in [0.29, 0.717) is 11.4 Å². The van der Waals surface area contributed by atoms with E-state index in [0.717, 1.165) is 0 Å². The first-order chi connectivity index (χ1) is 8.86. The van der Waals surface area contributed by atoms with Crippen LogP contribution < -0.4 is 15.4 Å². The van der Waals surface area contributed by atoms with Gasteiger partial charge in [-0.15, -0.1) is 0 Å². The molecule has 0 aliphatic carbocycles. The molecule has 6 heteroatoms. The van der Waals surface area contributed by atoms with Crippen LogP contribution in [0.4, 0.5) is 5.69 Å². The highest BCUT2D eigenvalue weighted by Gasteiger charge is 2.25. The van der Waals surface area contributed by atoms with E-state index in [1.807, 2.05) is 0 Å². The van der Waals surface area contributed by atoms with E-state index < -0.39 is 18.1 Å². The standard InChI is InChI=1S/C13H18N2O4/c1-13(2,14-3)12(18)15-9-6-4-5-7-10(9)19-8-11(16)17/h4-7,14H,8H2,1-3H3,(H,15,18)(H,16,17). The van der Waals surface area contributed by atoms with Crippen molar-refractivity contribution in [3.05, 3.63) is 24.3 Å². The minimum atomic E-state index is -1.07. The molecule has 1 aromatic carbocycles. The second kappa shape index (κ2) is 6.19. The van der Waals surface area contributed by atoms with Gasteiger partial charge in [0, 0.05) is 0 Å². The molecule has 0 saturated heterocycles. The summed E-state index contributed by atoms with van der Waals surface area (Å²) in [5, 5.41) is 14.2. The second-order valence-corrected chi connectivity index (χ2v) is 4.51. The lowest BCUT2D eigenvalue weighted by atomic mass is 10.1. The van der Waals surface area contributed by atoms with Crippen molar-refractivity contribution in [3.8, 4) is 5.75 Å². The number of ether oxygens (including phenoxy) is 1. The predicted molar refractivity (Wildman–Crippen MR) is 71.3 cm³/mol. The third kappa shape index (κ3) is 4.26. The molecule has 0 aromatic heterocycles. The molecule has 0 aliphatic rings. The summed E-state index contributed by atoms with van der Waals surface area (Å²) >= 11 is 0. The number of carboxylic acids is 1. The largest absolute Gasteiger partial charge is 0.480 e. The number of aliphatic carboxylic acids is 1. The Morgan fingerprint density at radius 2 is 1.95 bits per heavy atom. The normalized spacial score (nSPS) is 10.9. The molecule has 0 fully saturated rings. The summed E-state index contributed by atoms with van der Waals surface area (Å²) in [6.07, 6.45) is 0. The van der Waals surface area contributed by atoms with Crippen molar-refractivity contribution in [2.45, 2.75) is 19.4 Å². The zero-order chi connectivity index (χ0) is 14.5. The summed E-state index contributed by atoms with van der Waals surface area (Å²) in [6.45, 7) is 3.02. The molecule has 6 nitrogen and oxygen atoms in total. The maximum absolute atomic E-state index is 12.0. The third-order valence-electron chi connectivity index (χ3n) is 2.68. The summed E-state index contributed by atoms with van der Waals surface area (Å²) in [4.78, 5) is 22.5. The Hall–Kier alpha value is -2.08. The lowest BCUT2D eigenvalue weighted by Crippen LogP contribution is -2.47. The smallest absolute Gasteiger partial charge is 0.341 e. The molecule has 0 radical (unpaired) electrons. The van der Waals surface area contributed by atoms with Crippen LogP contribution >= 0.6 is 0 Å². The predicted octanol–water partition coefficient (Wildman–Crippen LogP) is 1.09. The molecule has 0 saturated carbocycles. The number of rotatable bonds is 6. The average molecular weight is 266 g/mol. The lowest BCUT2D eigenvalue weighted by Gasteiger charge is -2.23. The van der Waals surface area contributed by atoms with E-state index in [1.165, 1.54) is 0 Å². The van der Waals surface area contributed by atoms with Gasteiger partial charge >= 0.3 is 5.97 Å². The first-order valence-electron chi connectivity index (χ1n) is 5.81. The van der Waals surface area contributed by atoms with Crippen LogP contribution in [0.1, 0.15) is 13.8 Å². The maximum Gasteiger partial charge on any atom is 0.341 e. The zero-order valence-electron chi connectivity index (χ0n) is 11.2. The molecule has 1 aromatic rings. The van der Waals surface area contributed by atoms with Gasteiger partial charge in [0.25, 0.3) is 0 Å². The van der Waals surface area contributed by atoms with Gasteiger partial charge in [-0.3, -0.25) is 4.79 Å². The number of carbonyl (C=O) groups is 2. The maximum atomic E-state index is 12.0. The van der Waals surface area contributed by atoms with Crippen molar-refractivity contribution < 1.29 is 19.4 Å². The van der Waals surface area contributed by atoms with E-state index >= 15 is 0 Å². The van der Waals surface area contributed by atoms with Crippen molar-refractivity contribution >= 4 is 17.6 Å². The summed E-state index contributed by atoms with van der Waals surface area (Å²) in [6, 6.07) is 6.69. The Balaban J connectivity index is 2.83. The molecule has 104 valence electrons. The molecule has 1 rings (SSSR count). The Bertz CT molecular complexity index is 471. The van der Waals surface area contributed by atoms with Crippen LogP contribution in [0.25, 0.3) is 0 Å². The number of benzene rings is 1. The van der Waals surface area contributed by atoms with Gasteiger partial charge in [-0.2, -0.15) is 0 Å². The van der Waals surface area contributed by atoms with E-state index in [9.17, 15) is 9.59 Å². The van der Waals surface area contributed by atoms with Crippen LogP contribution in [0, 0.1) is 0 Å². The Labute approximate surface area is 111 Å². The fourth-order valence-electron chi connectivity index (χ4n) is 1.23. The number of carbonyl (C=O) groups excluding carboxylic acids is 1. The highest BCUT2D eigenvalue weighted by Crippen LogP contribution is 2.24. The average Bonchev–Trinajstić information content (AvgIpc) is 2.37. The summed E-state index contributed by atoms with van der Waals surface area (Å²) in [5.41, 5.74) is -0.294. The number of likely N-dealkylation sites (N-methyl/N-ethyl adjacent to an activating group) is 1. The molecule has 3 N–H and O–H groups in total. The van der Waals surface area contributed by atoms with Gasteiger partial charge in [0.05, 0.1) is 11.2 Å². The first kappa shape index (κ1) is 15.0. The number of anilines is 1. The third-order valence-corrected chi connectivity index (χ3v) is 2.68. The zero-order valence-corrected chi connectivity index (χ0v) is 11.2. The quantitative estimate of drug-likeness (QED) is 0.717. The van der Waals surface area contributed by atoms with Crippen molar-refractivity contribution in [2.24, 2.45) is 0 Å². The summed E-state index contributed by atoms with van der Waals surface area (Å²) in [5.74, 6) is -0.983. The van der Waals surface area contributed by atoms with Gasteiger partial charge in [0.15, 0.2) is 6.61 Å². The van der Waals surface area contributed by atoms with Crippen LogP contribution in [-0.4, -0.2) is 36.2 Å². The molecule has 19 heavy (non-hydrogen) atoms. The van der Waals surface area contributed by atoms with Gasteiger partial charge in [-0.25, -0.2) is 4.79 Å². The monoisotopic (exact) mass is 266 g/mol. The number of hydrogen-bond donors (Lipinski definition) is 3. The van der Waals surface area contributed by atoms with Gasteiger partial charge in [-0.05, 0) is 33.0 Å². The van der Waals surface area contributed by atoms with Crippen LogP contribution in [0.5, 0.6) is 5.75 Å². The summed E-state index contributed by atoms with van der Waals surface area (Å²) in [7, 11) is 1.69. The molecular weight excluding hydrogens is 248 g/mol. The second-order valence-electron chi connectivity index (χ2n) is 4.51. The Kier molecular flexibility index (Phi) is 4.88. The van der Waals surface area contributed by atoms with Gasteiger partial charge in [0.1, 0.15) is 5.75 Å². The van der Waals surface area contributed by atoms with Crippen molar-refractivity contribution in [2.75, 3.05) is 19.0 Å². The summed E-state index contributed by atoms with van der Waals surface area (Å²) < 4.78 is 5.11. The van der Waals surface area contributed by atoms with Gasteiger partial charge < -0.3 is 20.5 Å². The van der Waals surface area contributed by atoms with Crippen LogP contribution in [0.15, 0.2) is 24.3 Å². The van der Waals surface area contributed by atoms with Crippen LogP contribution in [0.2, 0.25) is 0 Å². The first-order valence-corrected chi connectivity index (χ1v) is 5.81. The highest BCUT2D eigenvalue weighted by molar-refractivity contribution is 5.98. The van der Waals surface area contributed by atoms with Gasteiger partial charge in [0.2, 0.25) is 5.91 Å². The Morgan fingerprint density at radius 1 is 1.32 bits per heavy atom. The van der Waals surface area contributed by atoms with Crippen LogP contribution in [0.3, 0.4) is 0 Å². The minimum absolute atomic E-state index is 0.235. The number of para-hydroxylation sites is 2. The highest BCUT2D eigenvalue weighted by atomic mass is 16.5. The van der Waals surface area contributed by atoms with Crippen molar-refractivity contribution in [1.82, 2.24) is 5.32 Å². The molecule has 0 heterocycles. The molecule has 0 unspecified atom stereocenters. The molecule has 0 spiro atoms. The van der Waals surface area contributed by atoms with E-state index in [-0.39, 0.29) is 5.91 Å². The number of nitrogens with one attached hydrogen (secondary N) is 2. The molecule has 0 bridgehead atoms. The van der Waals surface area contributed by atoms with E-state index in [4.69, 9.17) is 9.84 Å². The van der Waals surface area contributed by atoms with E-state index in [2.05, 4.69) is 10.6 Å². The number of carboxylic acid groups (broad SMARTS) is 1. The fraction of sp³-hybridized carbons (Fsp3) is 0.385. The molecular formula is C13H18N2O4. The van der Waals surface area contributed by atoms with Crippen molar-refractivity contribution in [1.29, 1.82) is 0 Å². The Morgan fingerprint density at radius 3 is 2.53 bits per heavy atom. The molecule has 1 amide bonds. The van der Waals surface area contributed by atoms with Crippen molar-refractivity contribution in [3.63, 3.8) is 0 Å². The fourth-order valence-corrected chi connectivity index (χ4v) is 1.23. The van der Waals surface area contributed by atoms with E-state index in [1.54, 1.807) is 45.2 Å².